The monoisotopic (exact) mass is 404 g/mol. The van der Waals surface area contributed by atoms with Gasteiger partial charge in [0.05, 0.1) is 11.7 Å². The van der Waals surface area contributed by atoms with Gasteiger partial charge in [0.15, 0.2) is 0 Å². The molecule has 4 aromatic rings. The van der Waals surface area contributed by atoms with Crippen LogP contribution < -0.4 is 5.11 Å². The molecule has 0 unspecified atom stereocenters. The Morgan fingerprint density at radius 2 is 1.90 bits per heavy atom. The van der Waals surface area contributed by atoms with Gasteiger partial charge >= 0.3 is 0 Å². The lowest BCUT2D eigenvalue weighted by Crippen LogP contribution is -2.23. The molecule has 2 heterocycles. The number of carbonyl (C=O) groups excluding carboxylic acids is 1. The number of nitrogens with one attached hydrogen (secondary N) is 1. The van der Waals surface area contributed by atoms with Crippen LogP contribution in [-0.2, 0) is 4.79 Å². The maximum atomic E-state index is 11.9. The maximum Gasteiger partial charge on any atom is 0.281 e. The van der Waals surface area contributed by atoms with E-state index in [1.165, 1.54) is 0 Å². The fourth-order valence-electron chi connectivity index (χ4n) is 3.33. The molecule has 2 aromatic heterocycles. The molecule has 7 heteroatoms. The van der Waals surface area contributed by atoms with Crippen LogP contribution >= 0.6 is 11.8 Å². The minimum Gasteiger partial charge on any atom is -0.544 e. The fraction of sp³-hybridized carbons (Fsp3) is 0.136. The summed E-state index contributed by atoms with van der Waals surface area (Å²) < 4.78 is 5.32. The Balaban J connectivity index is 1.94. The van der Waals surface area contributed by atoms with Crippen LogP contribution in [0.15, 0.2) is 57.0 Å². The van der Waals surface area contributed by atoms with E-state index < -0.39 is 5.97 Å². The molecule has 6 nitrogen and oxygen atoms in total. The van der Waals surface area contributed by atoms with Crippen molar-refractivity contribution in [3.05, 3.63) is 70.0 Å². The van der Waals surface area contributed by atoms with E-state index in [0.717, 1.165) is 50.6 Å². The molecule has 0 amide bonds. The van der Waals surface area contributed by atoms with E-state index in [1.807, 2.05) is 50.2 Å². The number of aromatic nitrogens is 3. The van der Waals surface area contributed by atoms with Gasteiger partial charge in [0.2, 0.25) is 5.89 Å². The van der Waals surface area contributed by atoms with Crippen molar-refractivity contribution in [1.82, 2.24) is 15.2 Å². The number of hydrogen-bond acceptors (Lipinski definition) is 6. The Kier molecular flexibility index (Phi) is 4.98. The van der Waals surface area contributed by atoms with Crippen LogP contribution in [0.25, 0.3) is 28.2 Å². The van der Waals surface area contributed by atoms with Gasteiger partial charge in [-0.1, -0.05) is 42.0 Å². The summed E-state index contributed by atoms with van der Waals surface area (Å²) in [7, 11) is 0. The maximum absolute atomic E-state index is 11.9. The molecule has 0 aliphatic heterocycles. The van der Waals surface area contributed by atoms with Crippen LogP contribution in [0.2, 0.25) is 0 Å². The van der Waals surface area contributed by atoms with E-state index in [1.54, 1.807) is 13.0 Å². The van der Waals surface area contributed by atoms with E-state index in [9.17, 15) is 9.90 Å². The predicted octanol–water partition coefficient (Wildman–Crippen LogP) is 4.03. The number of carboxylic acids is 1. The minimum absolute atomic E-state index is 0.00843. The SMILES string of the molecule is Cc1cc(C)c2[nH]c(-c3ccccc3)c(/C=C(\Sc3nnc(C)o3)C(=O)[O-])c2c1. The van der Waals surface area contributed by atoms with Crippen molar-refractivity contribution in [1.29, 1.82) is 0 Å². The van der Waals surface area contributed by atoms with Gasteiger partial charge in [0.25, 0.3) is 5.22 Å². The molecule has 0 spiro atoms. The second-order valence-corrected chi connectivity index (χ2v) is 7.76. The summed E-state index contributed by atoms with van der Waals surface area (Å²) >= 11 is 0.882. The summed E-state index contributed by atoms with van der Waals surface area (Å²) in [6.07, 6.45) is 1.61. The van der Waals surface area contributed by atoms with E-state index in [0.29, 0.717) is 5.89 Å². The molecule has 0 saturated carbocycles. The zero-order valence-electron chi connectivity index (χ0n) is 16.1. The number of carboxylic acid groups (broad SMARTS) is 1. The second kappa shape index (κ2) is 7.60. The number of aliphatic carboxylic acids is 1. The topological polar surface area (TPSA) is 94.8 Å². The summed E-state index contributed by atoms with van der Waals surface area (Å²) in [4.78, 5) is 15.3. The lowest BCUT2D eigenvalue weighted by atomic mass is 10.0. The summed E-state index contributed by atoms with van der Waals surface area (Å²) in [6, 6.07) is 13.9. The predicted molar refractivity (Wildman–Crippen MR) is 111 cm³/mol. The summed E-state index contributed by atoms with van der Waals surface area (Å²) in [5.74, 6) is -0.933. The van der Waals surface area contributed by atoms with Gasteiger partial charge in [-0.3, -0.25) is 0 Å². The van der Waals surface area contributed by atoms with E-state index in [2.05, 4.69) is 21.2 Å². The van der Waals surface area contributed by atoms with Crippen molar-refractivity contribution in [2.75, 3.05) is 0 Å². The van der Waals surface area contributed by atoms with Gasteiger partial charge in [0, 0.05) is 28.3 Å². The highest BCUT2D eigenvalue weighted by Gasteiger charge is 2.16. The summed E-state index contributed by atoms with van der Waals surface area (Å²) in [5.41, 5.74) is 5.74. The molecule has 0 bridgehead atoms. The lowest BCUT2D eigenvalue weighted by Gasteiger charge is -2.07. The van der Waals surface area contributed by atoms with Crippen molar-refractivity contribution in [2.24, 2.45) is 0 Å². The molecule has 0 aliphatic carbocycles. The molecule has 146 valence electrons. The molecule has 0 fully saturated rings. The van der Waals surface area contributed by atoms with Crippen molar-refractivity contribution in [3.63, 3.8) is 0 Å². The Bertz CT molecular complexity index is 1240. The van der Waals surface area contributed by atoms with Crippen LogP contribution in [-0.4, -0.2) is 21.2 Å². The average molecular weight is 404 g/mol. The van der Waals surface area contributed by atoms with Crippen molar-refractivity contribution >= 4 is 34.7 Å². The summed E-state index contributed by atoms with van der Waals surface area (Å²) in [5, 5.41) is 20.6. The molecule has 29 heavy (non-hydrogen) atoms. The van der Waals surface area contributed by atoms with Gasteiger partial charge in [-0.25, -0.2) is 0 Å². The highest BCUT2D eigenvalue weighted by molar-refractivity contribution is 8.03. The first-order chi connectivity index (χ1) is 13.9. The smallest absolute Gasteiger partial charge is 0.281 e. The number of aromatic amines is 1. The zero-order valence-corrected chi connectivity index (χ0v) is 17.0. The molecule has 0 saturated heterocycles. The van der Waals surface area contributed by atoms with Gasteiger partial charge in [-0.05, 0) is 48.9 Å². The quantitative estimate of drug-likeness (QED) is 0.399. The molecule has 2 aromatic carbocycles. The van der Waals surface area contributed by atoms with Gasteiger partial charge in [-0.2, -0.15) is 0 Å². The van der Waals surface area contributed by atoms with Crippen LogP contribution in [0, 0.1) is 20.8 Å². The van der Waals surface area contributed by atoms with Crippen molar-refractivity contribution in [3.8, 4) is 11.3 Å². The number of fused-ring (bicyclic) bond motifs is 1. The normalized spacial score (nSPS) is 11.9. The molecule has 0 aliphatic rings. The molecule has 0 atom stereocenters. The average Bonchev–Trinajstić information content (AvgIpc) is 3.26. The Morgan fingerprint density at radius 3 is 2.55 bits per heavy atom. The molecular formula is C22H18N3O3S-. The number of carbonyl (C=O) groups is 1. The highest BCUT2D eigenvalue weighted by atomic mass is 32.2. The Labute approximate surface area is 171 Å². The molecular weight excluding hydrogens is 386 g/mol. The molecule has 4 rings (SSSR count). The van der Waals surface area contributed by atoms with Crippen molar-refractivity contribution in [2.45, 2.75) is 26.0 Å². The largest absolute Gasteiger partial charge is 0.544 e. The fourth-order valence-corrected chi connectivity index (χ4v) is 4.02. The minimum atomic E-state index is -1.30. The first kappa shape index (κ1) is 19.0. The first-order valence-electron chi connectivity index (χ1n) is 9.01. The van der Waals surface area contributed by atoms with Crippen LogP contribution in [0.5, 0.6) is 0 Å². The first-order valence-corrected chi connectivity index (χ1v) is 9.83. The summed E-state index contributed by atoms with van der Waals surface area (Å²) in [6.45, 7) is 5.70. The standard InChI is InChI=1S/C22H19N3O3S/c1-12-9-13(2)19-16(10-12)17(20(23-19)15-7-5-4-6-8-15)11-18(21(26)27)29-22-25-24-14(3)28-22/h4-11,23H,1-3H3,(H,26,27)/p-1/b18-11-. The lowest BCUT2D eigenvalue weighted by molar-refractivity contribution is -0.298. The van der Waals surface area contributed by atoms with Gasteiger partial charge in [-0.15, -0.1) is 10.2 Å². The van der Waals surface area contributed by atoms with E-state index >= 15 is 0 Å². The van der Waals surface area contributed by atoms with E-state index in [4.69, 9.17) is 4.42 Å². The van der Waals surface area contributed by atoms with Crippen LogP contribution in [0.4, 0.5) is 0 Å². The highest BCUT2D eigenvalue weighted by Crippen LogP contribution is 2.36. The molecule has 0 radical (unpaired) electrons. The third kappa shape index (κ3) is 3.82. The third-order valence-corrected chi connectivity index (χ3v) is 5.38. The van der Waals surface area contributed by atoms with E-state index in [-0.39, 0.29) is 10.1 Å². The zero-order chi connectivity index (χ0) is 20.5. The number of nitrogens with zero attached hydrogens (tertiary/aromatic N) is 2. The number of aryl methyl sites for hydroxylation is 3. The second-order valence-electron chi connectivity index (χ2n) is 6.77. The van der Waals surface area contributed by atoms with Crippen molar-refractivity contribution < 1.29 is 14.3 Å². The number of thioether (sulfide) groups is 1. The van der Waals surface area contributed by atoms with Gasteiger partial charge in [0.1, 0.15) is 0 Å². The number of hydrogen-bond donors (Lipinski definition) is 1. The number of rotatable bonds is 5. The third-order valence-electron chi connectivity index (χ3n) is 4.53. The Hall–Kier alpha value is -3.32. The van der Waals surface area contributed by atoms with Crippen LogP contribution in [0.3, 0.4) is 0 Å². The molecule has 1 N–H and O–H groups in total. The number of H-pyrrole nitrogens is 1. The number of benzene rings is 2. The van der Waals surface area contributed by atoms with Crippen LogP contribution in [0.1, 0.15) is 22.6 Å². The Morgan fingerprint density at radius 1 is 1.14 bits per heavy atom. The van der Waals surface area contributed by atoms with Gasteiger partial charge < -0.3 is 19.3 Å².